The maximum absolute atomic E-state index is 14.9. The Morgan fingerprint density at radius 3 is 2.31 bits per heavy atom. The number of nitrogens with zero attached hydrogens (tertiary/aromatic N) is 3. The van der Waals surface area contributed by atoms with E-state index in [-0.39, 0.29) is 36.6 Å². The van der Waals surface area contributed by atoms with E-state index in [1.54, 1.807) is 24.1 Å². The first kappa shape index (κ1) is 27.9. The van der Waals surface area contributed by atoms with Crippen LogP contribution < -0.4 is 9.64 Å². The molecule has 2 fully saturated rings. The molecule has 0 spiro atoms. The number of amides is 2. The van der Waals surface area contributed by atoms with Crippen molar-refractivity contribution in [2.75, 3.05) is 18.6 Å². The second-order valence-corrected chi connectivity index (χ2v) is 11.6. The highest BCUT2D eigenvalue weighted by Gasteiger charge is 2.63. The van der Waals surface area contributed by atoms with Crippen LogP contribution in [0.25, 0.3) is 0 Å². The Hall–Kier alpha value is -4.24. The number of carbonyl (C=O) groups is 2. The molecule has 218 valence electrons. The Morgan fingerprint density at radius 1 is 0.976 bits per heavy atom. The molecule has 1 saturated carbocycles. The molecule has 3 aliphatic rings. The number of nitro benzene ring substituents is 1. The molecule has 0 unspecified atom stereocenters. The van der Waals surface area contributed by atoms with Gasteiger partial charge in [-0.1, -0.05) is 55.7 Å². The van der Waals surface area contributed by atoms with Crippen LogP contribution in [0.4, 0.5) is 11.4 Å². The SMILES string of the molecule is COc1ccc(CCN2C(=O)[C@@]3(c4ccc([N+](=O)[O-])cc4)CC(=O)N(C4CCCCC4)[C@@H]3c3ccc(CO)cc32)cc1. The average molecular weight is 570 g/mol. The maximum Gasteiger partial charge on any atom is 0.269 e. The number of ether oxygens (including phenoxy) is 1. The van der Waals surface area contributed by atoms with E-state index in [1.807, 2.05) is 47.4 Å². The van der Waals surface area contributed by atoms with Crippen LogP contribution >= 0.6 is 0 Å². The average Bonchev–Trinajstić information content (AvgIpc) is 3.35. The highest BCUT2D eigenvalue weighted by Crippen LogP contribution is 2.58. The Balaban J connectivity index is 1.50. The molecule has 2 amide bonds. The van der Waals surface area contributed by atoms with Crippen molar-refractivity contribution in [2.45, 2.75) is 69.1 Å². The van der Waals surface area contributed by atoms with Crippen molar-refractivity contribution in [3.63, 3.8) is 0 Å². The quantitative estimate of drug-likeness (QED) is 0.294. The summed E-state index contributed by atoms with van der Waals surface area (Å²) in [6.45, 7) is 0.198. The van der Waals surface area contributed by atoms with Crippen molar-refractivity contribution < 1.29 is 24.4 Å². The van der Waals surface area contributed by atoms with Crippen LogP contribution in [0.1, 0.15) is 66.8 Å². The number of likely N-dealkylation sites (tertiary alicyclic amines) is 1. The van der Waals surface area contributed by atoms with E-state index in [0.29, 0.717) is 29.8 Å². The number of methoxy groups -OCH3 is 1. The van der Waals surface area contributed by atoms with Crippen LogP contribution in [0.5, 0.6) is 5.75 Å². The van der Waals surface area contributed by atoms with Gasteiger partial charge in [-0.15, -0.1) is 0 Å². The number of hydrogen-bond donors (Lipinski definition) is 1. The predicted octanol–water partition coefficient (Wildman–Crippen LogP) is 5.23. The van der Waals surface area contributed by atoms with E-state index < -0.39 is 16.4 Å². The lowest BCUT2D eigenvalue weighted by atomic mass is 9.67. The van der Waals surface area contributed by atoms with Crippen LogP contribution in [-0.2, 0) is 28.0 Å². The van der Waals surface area contributed by atoms with Crippen LogP contribution in [0.2, 0.25) is 0 Å². The molecule has 2 aliphatic heterocycles. The molecule has 1 saturated heterocycles. The number of aliphatic hydroxyl groups excluding tert-OH is 1. The van der Waals surface area contributed by atoms with Gasteiger partial charge in [0, 0.05) is 36.8 Å². The summed E-state index contributed by atoms with van der Waals surface area (Å²) in [6, 6.07) is 19.0. The number of non-ortho nitro benzene ring substituents is 1. The van der Waals surface area contributed by atoms with E-state index >= 15 is 0 Å². The van der Waals surface area contributed by atoms with Crippen LogP contribution in [0.15, 0.2) is 66.7 Å². The molecule has 3 aromatic carbocycles. The van der Waals surface area contributed by atoms with Gasteiger partial charge in [-0.2, -0.15) is 0 Å². The largest absolute Gasteiger partial charge is 0.497 e. The van der Waals surface area contributed by atoms with E-state index in [4.69, 9.17) is 4.74 Å². The fourth-order valence-corrected chi connectivity index (χ4v) is 7.21. The van der Waals surface area contributed by atoms with Crippen LogP contribution in [0, 0.1) is 10.1 Å². The van der Waals surface area contributed by atoms with Gasteiger partial charge < -0.3 is 19.6 Å². The molecule has 3 aromatic rings. The van der Waals surface area contributed by atoms with Crippen molar-refractivity contribution in [3.8, 4) is 5.75 Å². The molecular formula is C33H35N3O6. The summed E-state index contributed by atoms with van der Waals surface area (Å²) in [6.07, 6.45) is 5.54. The minimum absolute atomic E-state index is 0.00500. The fourth-order valence-electron chi connectivity index (χ4n) is 7.21. The number of anilines is 1. The summed E-state index contributed by atoms with van der Waals surface area (Å²) in [5.41, 5.74) is 2.62. The van der Waals surface area contributed by atoms with Gasteiger partial charge in [-0.25, -0.2) is 0 Å². The van der Waals surface area contributed by atoms with Gasteiger partial charge in [0.25, 0.3) is 5.69 Å². The first-order valence-corrected chi connectivity index (χ1v) is 14.6. The molecule has 0 aromatic heterocycles. The highest BCUT2D eigenvalue weighted by molar-refractivity contribution is 6.09. The number of nitro groups is 1. The summed E-state index contributed by atoms with van der Waals surface area (Å²) in [4.78, 5) is 43.7. The van der Waals surface area contributed by atoms with Gasteiger partial charge in [-0.05, 0) is 59.7 Å². The Bertz CT molecular complexity index is 1500. The Labute approximate surface area is 244 Å². The summed E-state index contributed by atoms with van der Waals surface area (Å²) in [5, 5.41) is 21.5. The first-order valence-electron chi connectivity index (χ1n) is 14.6. The van der Waals surface area contributed by atoms with E-state index in [1.165, 1.54) is 12.1 Å². The zero-order valence-electron chi connectivity index (χ0n) is 23.7. The van der Waals surface area contributed by atoms with Gasteiger partial charge in [0.1, 0.15) is 11.2 Å². The van der Waals surface area contributed by atoms with Crippen molar-refractivity contribution in [3.05, 3.63) is 99.1 Å². The molecule has 6 rings (SSSR count). The van der Waals surface area contributed by atoms with Gasteiger partial charge in [0.05, 0.1) is 24.7 Å². The number of hydrogen-bond acceptors (Lipinski definition) is 6. The summed E-state index contributed by atoms with van der Waals surface area (Å²) >= 11 is 0. The second-order valence-electron chi connectivity index (χ2n) is 11.6. The molecular weight excluding hydrogens is 534 g/mol. The summed E-state index contributed by atoms with van der Waals surface area (Å²) in [5.74, 6) is 0.495. The molecule has 2 atom stereocenters. The van der Waals surface area contributed by atoms with Crippen molar-refractivity contribution in [1.82, 2.24) is 4.90 Å². The number of benzene rings is 3. The minimum Gasteiger partial charge on any atom is -0.497 e. The smallest absolute Gasteiger partial charge is 0.269 e. The monoisotopic (exact) mass is 569 g/mol. The molecule has 2 heterocycles. The standard InChI is InChI=1S/C33H35N3O6/c1-42-27-14-7-22(8-15-27)17-18-34-29-19-23(21-37)9-16-28(29)31-33(32(34)39,24-10-12-26(13-11-24)36(40)41)20-30(38)35(31)25-5-3-2-4-6-25/h7-16,19,25,31,37H,2-6,17-18,20-21H2,1H3/t31-,33-/m1/s1. The Morgan fingerprint density at radius 2 is 1.67 bits per heavy atom. The predicted molar refractivity (Wildman–Crippen MR) is 157 cm³/mol. The molecule has 1 N–H and O–H groups in total. The van der Waals surface area contributed by atoms with Crippen LogP contribution in [-0.4, -0.2) is 46.4 Å². The van der Waals surface area contributed by atoms with Gasteiger partial charge in [0.15, 0.2) is 0 Å². The summed E-state index contributed by atoms with van der Waals surface area (Å²) < 4.78 is 5.29. The van der Waals surface area contributed by atoms with Gasteiger partial charge in [0.2, 0.25) is 11.8 Å². The van der Waals surface area contributed by atoms with Crippen molar-refractivity contribution in [1.29, 1.82) is 0 Å². The highest BCUT2D eigenvalue weighted by atomic mass is 16.6. The molecule has 0 radical (unpaired) electrons. The molecule has 0 bridgehead atoms. The van der Waals surface area contributed by atoms with Gasteiger partial charge >= 0.3 is 0 Å². The normalized spacial score (nSPS) is 22.2. The molecule has 9 nitrogen and oxygen atoms in total. The lowest BCUT2D eigenvalue weighted by Crippen LogP contribution is -2.55. The number of fused-ring (bicyclic) bond motifs is 3. The van der Waals surface area contributed by atoms with E-state index in [9.17, 15) is 24.8 Å². The topological polar surface area (TPSA) is 113 Å². The number of rotatable bonds is 8. The zero-order valence-corrected chi connectivity index (χ0v) is 23.7. The zero-order chi connectivity index (χ0) is 29.4. The van der Waals surface area contributed by atoms with Crippen molar-refractivity contribution in [2.24, 2.45) is 0 Å². The number of aliphatic hydroxyl groups is 1. The third kappa shape index (κ3) is 4.61. The Kier molecular flexibility index (Phi) is 7.45. The first-order chi connectivity index (χ1) is 20.4. The third-order valence-electron chi connectivity index (χ3n) is 9.30. The number of carbonyl (C=O) groups excluding carboxylic acids is 2. The second kappa shape index (κ2) is 11.2. The fraction of sp³-hybridized carbons (Fsp3) is 0.394. The van der Waals surface area contributed by atoms with E-state index in [0.717, 1.165) is 49.0 Å². The lowest BCUT2D eigenvalue weighted by molar-refractivity contribution is -0.384. The molecule has 9 heteroatoms. The lowest BCUT2D eigenvalue weighted by Gasteiger charge is -2.48. The van der Waals surface area contributed by atoms with Crippen molar-refractivity contribution >= 4 is 23.2 Å². The van der Waals surface area contributed by atoms with E-state index in [2.05, 4.69) is 0 Å². The summed E-state index contributed by atoms with van der Waals surface area (Å²) in [7, 11) is 1.62. The molecule has 42 heavy (non-hydrogen) atoms. The maximum atomic E-state index is 14.9. The van der Waals surface area contributed by atoms with Crippen LogP contribution in [0.3, 0.4) is 0 Å². The minimum atomic E-state index is -1.22. The molecule has 1 aliphatic carbocycles. The third-order valence-corrected chi connectivity index (χ3v) is 9.30. The van der Waals surface area contributed by atoms with Gasteiger partial charge in [-0.3, -0.25) is 19.7 Å².